The van der Waals surface area contributed by atoms with Gasteiger partial charge in [0.15, 0.2) is 0 Å². The van der Waals surface area contributed by atoms with Crippen molar-refractivity contribution >= 4 is 11.9 Å². The number of rotatable bonds is 6. The predicted molar refractivity (Wildman–Crippen MR) is 94.7 cm³/mol. The fraction of sp³-hybridized carbons (Fsp3) is 0.500. The van der Waals surface area contributed by atoms with Crippen molar-refractivity contribution in [3.05, 3.63) is 47.5 Å². The molecule has 4 heteroatoms. The lowest BCUT2D eigenvalue weighted by Crippen LogP contribution is -2.43. The van der Waals surface area contributed by atoms with Crippen LogP contribution in [0.2, 0.25) is 0 Å². The van der Waals surface area contributed by atoms with Gasteiger partial charge in [0.25, 0.3) is 5.91 Å². The number of unbranched alkanes of at least 4 members (excludes halogenated alkanes) is 1. The number of carbonyl (C=O) groups is 2. The normalized spacial score (nSPS) is 17.4. The Morgan fingerprint density at radius 1 is 1.29 bits per heavy atom. The van der Waals surface area contributed by atoms with Crippen LogP contribution in [0.15, 0.2) is 36.4 Å². The van der Waals surface area contributed by atoms with Crippen molar-refractivity contribution in [1.29, 1.82) is 0 Å². The maximum atomic E-state index is 12.8. The van der Waals surface area contributed by atoms with Crippen LogP contribution in [0.3, 0.4) is 0 Å². The Hall–Kier alpha value is -2.10. The van der Waals surface area contributed by atoms with Crippen LogP contribution in [0.25, 0.3) is 0 Å². The second-order valence-corrected chi connectivity index (χ2v) is 7.03. The second kappa shape index (κ2) is 7.65. The summed E-state index contributed by atoms with van der Waals surface area (Å²) in [6, 6.07) is 7.98. The molecule has 4 nitrogen and oxygen atoms in total. The Morgan fingerprint density at radius 2 is 2.00 bits per heavy atom. The molecule has 0 saturated heterocycles. The van der Waals surface area contributed by atoms with E-state index in [-0.39, 0.29) is 23.5 Å². The summed E-state index contributed by atoms with van der Waals surface area (Å²) < 4.78 is 4.87. The molecule has 0 radical (unpaired) electrons. The predicted octanol–water partition coefficient (Wildman–Crippen LogP) is 4.27. The number of benzene rings is 1. The van der Waals surface area contributed by atoms with Gasteiger partial charge in [-0.1, -0.05) is 24.3 Å². The SMILES string of the molecule is CCOC(=O)/C=C/CCCC1c2ccccc2C(=O)N1C(C)(C)C. The van der Waals surface area contributed by atoms with E-state index < -0.39 is 0 Å². The Bertz CT molecular complexity index is 628. The van der Waals surface area contributed by atoms with Gasteiger partial charge in [-0.25, -0.2) is 4.79 Å². The number of fused-ring (bicyclic) bond motifs is 1. The fourth-order valence-electron chi connectivity index (χ4n) is 3.25. The van der Waals surface area contributed by atoms with Crippen LogP contribution < -0.4 is 0 Å². The minimum atomic E-state index is -0.296. The van der Waals surface area contributed by atoms with E-state index in [0.717, 1.165) is 30.4 Å². The maximum Gasteiger partial charge on any atom is 0.330 e. The van der Waals surface area contributed by atoms with Crippen LogP contribution in [0.4, 0.5) is 0 Å². The Labute approximate surface area is 144 Å². The summed E-state index contributed by atoms with van der Waals surface area (Å²) in [7, 11) is 0. The van der Waals surface area contributed by atoms with Gasteiger partial charge in [-0.2, -0.15) is 0 Å². The number of allylic oxidation sites excluding steroid dienone is 1. The molecule has 0 spiro atoms. The van der Waals surface area contributed by atoms with Crippen molar-refractivity contribution < 1.29 is 14.3 Å². The summed E-state index contributed by atoms with van der Waals surface area (Å²) in [6.07, 6.45) is 5.92. The summed E-state index contributed by atoms with van der Waals surface area (Å²) in [5.74, 6) is -0.180. The highest BCUT2D eigenvalue weighted by Crippen LogP contribution is 2.41. The van der Waals surface area contributed by atoms with Gasteiger partial charge in [0.1, 0.15) is 0 Å². The van der Waals surface area contributed by atoms with Crippen LogP contribution in [0, 0.1) is 0 Å². The molecule has 1 aliphatic heterocycles. The maximum absolute atomic E-state index is 12.8. The molecule has 0 saturated carbocycles. The molecule has 1 heterocycles. The third-order valence-electron chi connectivity index (χ3n) is 4.19. The summed E-state index contributed by atoms with van der Waals surface area (Å²) in [4.78, 5) is 26.0. The zero-order valence-electron chi connectivity index (χ0n) is 15.0. The Balaban J connectivity index is 2.04. The van der Waals surface area contributed by atoms with Crippen LogP contribution in [0.5, 0.6) is 0 Å². The summed E-state index contributed by atoms with van der Waals surface area (Å²) in [5.41, 5.74) is 1.72. The van der Waals surface area contributed by atoms with Gasteiger partial charge in [0.05, 0.1) is 12.6 Å². The third kappa shape index (κ3) is 4.05. The van der Waals surface area contributed by atoms with Crippen molar-refractivity contribution in [2.24, 2.45) is 0 Å². The number of amides is 1. The van der Waals surface area contributed by atoms with Crippen molar-refractivity contribution in [1.82, 2.24) is 4.90 Å². The lowest BCUT2D eigenvalue weighted by Gasteiger charge is -2.37. The smallest absolute Gasteiger partial charge is 0.330 e. The Morgan fingerprint density at radius 3 is 2.67 bits per heavy atom. The van der Waals surface area contributed by atoms with Crippen molar-refractivity contribution in [2.75, 3.05) is 6.61 Å². The van der Waals surface area contributed by atoms with E-state index in [0.29, 0.717) is 6.61 Å². The molecule has 1 aromatic carbocycles. The van der Waals surface area contributed by atoms with Gasteiger partial charge in [0.2, 0.25) is 0 Å². The lowest BCUT2D eigenvalue weighted by atomic mass is 9.97. The quantitative estimate of drug-likeness (QED) is 0.445. The molecule has 1 unspecified atom stereocenters. The highest BCUT2D eigenvalue weighted by Gasteiger charge is 2.41. The molecule has 2 rings (SSSR count). The molecule has 1 aromatic rings. The Kier molecular flexibility index (Phi) is 5.81. The molecule has 1 aliphatic rings. The number of hydrogen-bond acceptors (Lipinski definition) is 3. The standard InChI is InChI=1S/C20H27NO3/c1-5-24-18(22)14-8-6-7-13-17-15-11-9-10-12-16(15)19(23)21(17)20(2,3)4/h8-12,14,17H,5-7,13H2,1-4H3/b14-8+. The van der Waals surface area contributed by atoms with Crippen LogP contribution >= 0.6 is 0 Å². The highest BCUT2D eigenvalue weighted by atomic mass is 16.5. The molecule has 1 atom stereocenters. The molecule has 0 aromatic heterocycles. The van der Waals surface area contributed by atoms with Gasteiger partial charge in [-0.15, -0.1) is 0 Å². The minimum Gasteiger partial charge on any atom is -0.463 e. The molecule has 0 bridgehead atoms. The van der Waals surface area contributed by atoms with Gasteiger partial charge in [-0.05, 0) is 58.6 Å². The van der Waals surface area contributed by atoms with E-state index in [2.05, 4.69) is 26.8 Å². The number of nitrogens with zero attached hydrogens (tertiary/aromatic N) is 1. The van der Waals surface area contributed by atoms with E-state index in [1.165, 1.54) is 6.08 Å². The van der Waals surface area contributed by atoms with E-state index in [9.17, 15) is 9.59 Å². The summed E-state index contributed by atoms with van der Waals surface area (Å²) in [6.45, 7) is 8.41. The van der Waals surface area contributed by atoms with E-state index >= 15 is 0 Å². The zero-order chi connectivity index (χ0) is 17.7. The van der Waals surface area contributed by atoms with Crippen molar-refractivity contribution in [3.63, 3.8) is 0 Å². The average Bonchev–Trinajstić information content (AvgIpc) is 2.80. The van der Waals surface area contributed by atoms with Crippen molar-refractivity contribution in [2.45, 2.75) is 58.5 Å². The van der Waals surface area contributed by atoms with Gasteiger partial charge >= 0.3 is 5.97 Å². The average molecular weight is 329 g/mol. The molecule has 0 aliphatic carbocycles. The summed E-state index contributed by atoms with van der Waals surface area (Å²) >= 11 is 0. The number of ether oxygens (including phenoxy) is 1. The molecular weight excluding hydrogens is 302 g/mol. The molecule has 130 valence electrons. The van der Waals surface area contributed by atoms with Gasteiger partial charge in [-0.3, -0.25) is 4.79 Å². The molecule has 1 amide bonds. The van der Waals surface area contributed by atoms with Gasteiger partial charge in [0, 0.05) is 17.2 Å². The first-order valence-electron chi connectivity index (χ1n) is 8.62. The highest BCUT2D eigenvalue weighted by molar-refractivity contribution is 5.99. The molecule has 0 fully saturated rings. The first-order valence-corrected chi connectivity index (χ1v) is 8.62. The van der Waals surface area contributed by atoms with E-state index in [1.54, 1.807) is 6.92 Å². The molecular formula is C20H27NO3. The first kappa shape index (κ1) is 18.2. The summed E-state index contributed by atoms with van der Waals surface area (Å²) in [5, 5.41) is 0. The number of esters is 1. The first-order chi connectivity index (χ1) is 11.4. The van der Waals surface area contributed by atoms with Crippen molar-refractivity contribution in [3.8, 4) is 0 Å². The second-order valence-electron chi connectivity index (χ2n) is 7.03. The largest absolute Gasteiger partial charge is 0.463 e. The van der Waals surface area contributed by atoms with E-state index in [1.807, 2.05) is 29.2 Å². The number of carbonyl (C=O) groups excluding carboxylic acids is 2. The third-order valence-corrected chi connectivity index (χ3v) is 4.19. The van der Waals surface area contributed by atoms with E-state index in [4.69, 9.17) is 4.74 Å². The lowest BCUT2D eigenvalue weighted by molar-refractivity contribution is -0.137. The van der Waals surface area contributed by atoms with Crippen LogP contribution in [-0.2, 0) is 9.53 Å². The zero-order valence-corrected chi connectivity index (χ0v) is 15.0. The number of hydrogen-bond donors (Lipinski definition) is 0. The van der Waals surface area contributed by atoms with Gasteiger partial charge < -0.3 is 9.64 Å². The molecule has 24 heavy (non-hydrogen) atoms. The monoisotopic (exact) mass is 329 g/mol. The van der Waals surface area contributed by atoms with Crippen LogP contribution in [-0.4, -0.2) is 28.9 Å². The fourth-order valence-corrected chi connectivity index (χ4v) is 3.25. The molecule has 0 N–H and O–H groups in total. The minimum absolute atomic E-state index is 0.102. The topological polar surface area (TPSA) is 46.6 Å². The van der Waals surface area contributed by atoms with Crippen LogP contribution in [0.1, 0.15) is 68.9 Å².